The summed E-state index contributed by atoms with van der Waals surface area (Å²) < 4.78 is 79.4. The molecule has 0 fully saturated rings. The van der Waals surface area contributed by atoms with Crippen LogP contribution in [0.4, 0.5) is 26.3 Å². The maximum absolute atomic E-state index is 12.9. The second kappa shape index (κ2) is 8.37. The van der Waals surface area contributed by atoms with Gasteiger partial charge in [0.05, 0.1) is 12.2 Å². The fourth-order valence-corrected chi connectivity index (χ4v) is 3.47. The summed E-state index contributed by atoms with van der Waals surface area (Å²) in [6.45, 7) is -0.352. The molecule has 3 aromatic rings. The molecule has 0 aliphatic heterocycles. The van der Waals surface area contributed by atoms with Crippen LogP contribution < -0.4 is 5.32 Å². The van der Waals surface area contributed by atoms with Crippen LogP contribution in [0.15, 0.2) is 12.3 Å². The van der Waals surface area contributed by atoms with Gasteiger partial charge < -0.3 is 5.32 Å². The first kappa shape index (κ1) is 24.6. The summed E-state index contributed by atoms with van der Waals surface area (Å²) in [6.07, 6.45) is -8.66. The molecule has 0 spiro atoms. The minimum absolute atomic E-state index is 0.0559. The van der Waals surface area contributed by atoms with Crippen molar-refractivity contribution in [2.75, 3.05) is 0 Å². The van der Waals surface area contributed by atoms with Crippen molar-refractivity contribution in [3.05, 3.63) is 50.8 Å². The van der Waals surface area contributed by atoms with E-state index in [1.54, 1.807) is 0 Å². The number of hydrogen-bond donors (Lipinski definition) is 1. The van der Waals surface area contributed by atoms with Crippen LogP contribution in [0.3, 0.4) is 0 Å². The van der Waals surface area contributed by atoms with Gasteiger partial charge in [0.1, 0.15) is 21.4 Å². The molecule has 0 aromatic carbocycles. The van der Waals surface area contributed by atoms with Gasteiger partial charge in [0.2, 0.25) is 0 Å². The predicted molar refractivity (Wildman–Crippen MR) is 99.6 cm³/mol. The number of hydrogen-bond acceptors (Lipinski definition) is 5. The normalized spacial score (nSPS) is 12.3. The average Bonchev–Trinajstić information content (AvgIpc) is 3.35. The summed E-state index contributed by atoms with van der Waals surface area (Å²) in [7, 11) is 2.18. The Bertz CT molecular complexity index is 1240. The van der Waals surface area contributed by atoms with Crippen molar-refractivity contribution in [1.29, 1.82) is 0 Å². The smallest absolute Gasteiger partial charge is 0.345 e. The van der Waals surface area contributed by atoms with Gasteiger partial charge >= 0.3 is 12.4 Å². The molecule has 178 valence electrons. The molecule has 0 saturated carbocycles. The number of carbonyl (C=O) groups is 2. The molecule has 0 aliphatic rings. The lowest BCUT2D eigenvalue weighted by Crippen LogP contribution is -2.26. The Hall–Kier alpha value is -3.07. The van der Waals surface area contributed by atoms with Crippen molar-refractivity contribution >= 4 is 35.0 Å². The monoisotopic (exact) mass is 517 g/mol. The standard InChI is InChI=1S/C16H11Cl2F6N7O2/c1-29-9(7(17)11(27-29)15(19,20)21)13(32)25-5-6-3-4-31(26-6)14(33)10-8(18)12(16(22,23)24)28-30(10)2/h3-4H,5H2,1-2H3,(H,25,32). The fraction of sp³-hybridized carbons (Fsp3) is 0.312. The second-order valence-corrected chi connectivity index (χ2v) is 7.26. The van der Waals surface area contributed by atoms with Crippen molar-refractivity contribution in [3.8, 4) is 0 Å². The average molecular weight is 518 g/mol. The first-order valence-corrected chi connectivity index (χ1v) is 9.35. The highest BCUT2D eigenvalue weighted by Crippen LogP contribution is 2.36. The molecule has 1 amide bonds. The summed E-state index contributed by atoms with van der Waals surface area (Å²) in [5, 5.41) is 10.7. The molecule has 0 radical (unpaired) electrons. The Morgan fingerprint density at radius 1 is 0.909 bits per heavy atom. The molecule has 0 unspecified atom stereocenters. The van der Waals surface area contributed by atoms with Crippen LogP contribution in [-0.4, -0.2) is 41.2 Å². The molecule has 0 saturated heterocycles. The van der Waals surface area contributed by atoms with Gasteiger partial charge in [0, 0.05) is 20.3 Å². The van der Waals surface area contributed by atoms with Gasteiger partial charge in [-0.2, -0.15) is 41.6 Å². The molecule has 0 atom stereocenters. The van der Waals surface area contributed by atoms with Gasteiger partial charge in [0.15, 0.2) is 11.4 Å². The van der Waals surface area contributed by atoms with Gasteiger partial charge in [-0.05, 0) is 6.07 Å². The third-order valence-corrected chi connectivity index (χ3v) is 4.93. The SMILES string of the molecule is Cn1nc(C(F)(F)F)c(Cl)c1C(=O)NCc1ccn(C(=O)c2c(Cl)c(C(F)(F)F)nn2C)n1. The first-order chi connectivity index (χ1) is 15.1. The summed E-state index contributed by atoms with van der Waals surface area (Å²) in [4.78, 5) is 24.8. The van der Waals surface area contributed by atoms with E-state index in [4.69, 9.17) is 23.2 Å². The van der Waals surface area contributed by atoms with E-state index in [-0.39, 0.29) is 12.2 Å². The van der Waals surface area contributed by atoms with Crippen molar-refractivity contribution in [2.24, 2.45) is 14.1 Å². The zero-order valence-corrected chi connectivity index (χ0v) is 17.9. The Labute approximate surface area is 189 Å². The largest absolute Gasteiger partial charge is 0.436 e. The summed E-state index contributed by atoms with van der Waals surface area (Å²) in [5.41, 5.74) is -3.95. The molecular formula is C16H11Cl2F6N7O2. The van der Waals surface area contributed by atoms with Crippen LogP contribution in [0.5, 0.6) is 0 Å². The number of nitrogens with zero attached hydrogens (tertiary/aromatic N) is 6. The second-order valence-electron chi connectivity index (χ2n) is 6.50. The minimum atomic E-state index is -4.88. The number of rotatable bonds is 4. The lowest BCUT2D eigenvalue weighted by Gasteiger charge is -2.05. The third kappa shape index (κ3) is 4.68. The summed E-state index contributed by atoms with van der Waals surface area (Å²) >= 11 is 11.3. The lowest BCUT2D eigenvalue weighted by atomic mass is 10.3. The number of aromatic nitrogens is 6. The van der Waals surface area contributed by atoms with Crippen molar-refractivity contribution < 1.29 is 35.9 Å². The zero-order chi connectivity index (χ0) is 24.9. The Balaban J connectivity index is 1.77. The number of carbonyl (C=O) groups excluding carboxylic acids is 2. The van der Waals surface area contributed by atoms with E-state index in [2.05, 4.69) is 20.6 Å². The maximum Gasteiger partial charge on any atom is 0.436 e. The van der Waals surface area contributed by atoms with Crippen LogP contribution in [-0.2, 0) is 33.0 Å². The van der Waals surface area contributed by atoms with Gasteiger partial charge in [-0.3, -0.25) is 19.0 Å². The predicted octanol–water partition coefficient (Wildman–Crippen LogP) is 3.31. The number of aryl methyl sites for hydroxylation is 2. The van der Waals surface area contributed by atoms with Crippen LogP contribution in [0.25, 0.3) is 0 Å². The quantitative estimate of drug-likeness (QED) is 0.535. The van der Waals surface area contributed by atoms with Gasteiger partial charge in [0.25, 0.3) is 11.8 Å². The van der Waals surface area contributed by atoms with E-state index in [9.17, 15) is 35.9 Å². The number of alkyl halides is 6. The zero-order valence-electron chi connectivity index (χ0n) is 16.4. The molecule has 3 heterocycles. The highest BCUT2D eigenvalue weighted by atomic mass is 35.5. The number of amides is 1. The van der Waals surface area contributed by atoms with Crippen molar-refractivity contribution in [2.45, 2.75) is 18.9 Å². The van der Waals surface area contributed by atoms with Crippen molar-refractivity contribution in [3.63, 3.8) is 0 Å². The Morgan fingerprint density at radius 2 is 1.39 bits per heavy atom. The summed E-state index contributed by atoms with van der Waals surface area (Å²) in [5.74, 6) is -2.04. The highest BCUT2D eigenvalue weighted by molar-refractivity contribution is 6.34. The third-order valence-electron chi connectivity index (χ3n) is 4.22. The van der Waals surface area contributed by atoms with Crippen molar-refractivity contribution in [1.82, 2.24) is 34.7 Å². The first-order valence-electron chi connectivity index (χ1n) is 8.59. The van der Waals surface area contributed by atoms with Gasteiger partial charge in [-0.1, -0.05) is 23.2 Å². The van der Waals surface area contributed by atoms with Crippen LogP contribution >= 0.6 is 23.2 Å². The molecule has 0 aliphatic carbocycles. The number of halogens is 8. The van der Waals surface area contributed by atoms with E-state index >= 15 is 0 Å². The van der Waals surface area contributed by atoms with Gasteiger partial charge in [-0.15, -0.1) is 0 Å². The highest BCUT2D eigenvalue weighted by Gasteiger charge is 2.41. The van der Waals surface area contributed by atoms with E-state index in [1.165, 1.54) is 6.07 Å². The minimum Gasteiger partial charge on any atom is -0.345 e. The topological polar surface area (TPSA) is 99.6 Å². The van der Waals surface area contributed by atoms with Crippen LogP contribution in [0.1, 0.15) is 38.1 Å². The van der Waals surface area contributed by atoms with E-state index < -0.39 is 57.0 Å². The molecule has 1 N–H and O–H groups in total. The van der Waals surface area contributed by atoms with Crippen LogP contribution in [0.2, 0.25) is 10.0 Å². The number of nitrogens with one attached hydrogen (secondary N) is 1. The van der Waals surface area contributed by atoms with Gasteiger partial charge in [-0.25, -0.2) is 4.68 Å². The Kier molecular flexibility index (Phi) is 6.23. The molecule has 3 rings (SSSR count). The molecule has 9 nitrogen and oxygen atoms in total. The molecule has 33 heavy (non-hydrogen) atoms. The fourth-order valence-electron chi connectivity index (χ4n) is 2.77. The van der Waals surface area contributed by atoms with E-state index in [0.717, 1.165) is 20.3 Å². The Morgan fingerprint density at radius 3 is 1.88 bits per heavy atom. The molecule has 0 bridgehead atoms. The molecule has 17 heteroatoms. The lowest BCUT2D eigenvalue weighted by molar-refractivity contribution is -0.142. The maximum atomic E-state index is 12.9. The molecular weight excluding hydrogens is 507 g/mol. The molecule has 3 aromatic heterocycles. The van der Waals surface area contributed by atoms with E-state index in [1.807, 2.05) is 0 Å². The van der Waals surface area contributed by atoms with E-state index in [0.29, 0.717) is 14.0 Å². The van der Waals surface area contributed by atoms with Crippen LogP contribution in [0, 0.1) is 0 Å². The summed E-state index contributed by atoms with van der Waals surface area (Å²) in [6, 6.07) is 1.25.